The topological polar surface area (TPSA) is 0 Å². The molecule has 1 aromatic rings. The maximum Gasteiger partial charge on any atom is -0.0120 e. The summed E-state index contributed by atoms with van der Waals surface area (Å²) in [5.41, 5.74) is 1.41. The molecule has 0 saturated carbocycles. The van der Waals surface area contributed by atoms with Gasteiger partial charge in [-0.05, 0) is 35.4 Å². The molecule has 0 amide bonds. The Balaban J connectivity index is 2.23. The van der Waals surface area contributed by atoms with E-state index in [1.54, 1.807) is 5.30 Å². The molecule has 1 heteroatoms. The van der Waals surface area contributed by atoms with Crippen molar-refractivity contribution in [3.63, 3.8) is 0 Å². The van der Waals surface area contributed by atoms with E-state index in [-0.39, 0.29) is 7.92 Å². The van der Waals surface area contributed by atoms with Crippen molar-refractivity contribution in [3.8, 4) is 0 Å². The SMILES string of the molecule is CC(C)(C)[C@@H]1CCC[P@@]1c1ccccc1. The molecule has 1 fully saturated rings. The van der Waals surface area contributed by atoms with E-state index in [9.17, 15) is 0 Å². The zero-order valence-corrected chi connectivity index (χ0v) is 10.9. The van der Waals surface area contributed by atoms with Crippen molar-refractivity contribution >= 4 is 13.2 Å². The summed E-state index contributed by atoms with van der Waals surface area (Å²) < 4.78 is 0. The Bertz CT molecular complexity index is 310. The van der Waals surface area contributed by atoms with Crippen molar-refractivity contribution in [2.24, 2.45) is 5.41 Å². The minimum absolute atomic E-state index is 0.108. The molecule has 1 aliphatic heterocycles. The number of hydrogen-bond acceptors (Lipinski definition) is 0. The first kappa shape index (κ1) is 11.1. The summed E-state index contributed by atoms with van der Waals surface area (Å²) in [6.07, 6.45) is 4.31. The predicted molar refractivity (Wildman–Crippen MR) is 70.3 cm³/mol. The zero-order chi connectivity index (χ0) is 10.9. The van der Waals surface area contributed by atoms with Gasteiger partial charge in [0.1, 0.15) is 0 Å². The standard InChI is InChI=1S/C14H21P/c1-14(2,3)13-10-7-11-15(13)12-8-5-4-6-9-12/h4-6,8-9,13H,7,10-11H2,1-3H3/t13-,15-/m0/s1. The molecule has 1 aliphatic rings. The van der Waals surface area contributed by atoms with Crippen LogP contribution in [0, 0.1) is 5.41 Å². The van der Waals surface area contributed by atoms with Gasteiger partial charge in [0, 0.05) is 0 Å². The predicted octanol–water partition coefficient (Wildman–Crippen LogP) is 4.00. The Morgan fingerprint density at radius 1 is 1.13 bits per heavy atom. The fraction of sp³-hybridized carbons (Fsp3) is 0.571. The van der Waals surface area contributed by atoms with Gasteiger partial charge in [-0.3, -0.25) is 0 Å². The van der Waals surface area contributed by atoms with Crippen molar-refractivity contribution in [1.82, 2.24) is 0 Å². The highest BCUT2D eigenvalue weighted by molar-refractivity contribution is 7.66. The van der Waals surface area contributed by atoms with E-state index in [2.05, 4.69) is 51.1 Å². The Morgan fingerprint density at radius 2 is 1.80 bits per heavy atom. The molecule has 1 saturated heterocycles. The van der Waals surface area contributed by atoms with Crippen LogP contribution in [-0.4, -0.2) is 11.8 Å². The first-order valence-corrected chi connectivity index (χ1v) is 7.50. The number of rotatable bonds is 1. The molecule has 1 aromatic carbocycles. The minimum Gasteiger partial charge on any atom is -0.0716 e. The number of hydrogen-bond donors (Lipinski definition) is 0. The second kappa shape index (κ2) is 4.26. The van der Waals surface area contributed by atoms with Gasteiger partial charge in [-0.1, -0.05) is 59.0 Å². The molecule has 2 rings (SSSR count). The Kier molecular flexibility index (Phi) is 3.16. The fourth-order valence-corrected chi connectivity index (χ4v) is 6.03. The lowest BCUT2D eigenvalue weighted by Crippen LogP contribution is -2.24. The molecular weight excluding hydrogens is 199 g/mol. The largest absolute Gasteiger partial charge is 0.0716 e. The number of benzene rings is 1. The van der Waals surface area contributed by atoms with Crippen LogP contribution in [0.5, 0.6) is 0 Å². The summed E-state index contributed by atoms with van der Waals surface area (Å²) in [7, 11) is 0.108. The Hall–Kier alpha value is -0.350. The highest BCUT2D eigenvalue weighted by Crippen LogP contribution is 2.55. The van der Waals surface area contributed by atoms with E-state index >= 15 is 0 Å². The Labute approximate surface area is 94.8 Å². The van der Waals surface area contributed by atoms with Crippen LogP contribution in [0.1, 0.15) is 33.6 Å². The van der Waals surface area contributed by atoms with Gasteiger partial charge in [0.05, 0.1) is 0 Å². The first-order valence-electron chi connectivity index (χ1n) is 5.91. The molecule has 82 valence electrons. The molecule has 0 bridgehead atoms. The Morgan fingerprint density at radius 3 is 2.40 bits per heavy atom. The molecule has 1 heterocycles. The first-order chi connectivity index (χ1) is 7.09. The molecule has 15 heavy (non-hydrogen) atoms. The van der Waals surface area contributed by atoms with E-state index in [1.807, 2.05) is 0 Å². The zero-order valence-electron chi connectivity index (χ0n) is 10.0. The van der Waals surface area contributed by atoms with E-state index in [4.69, 9.17) is 0 Å². The van der Waals surface area contributed by atoms with Crippen LogP contribution in [0.2, 0.25) is 0 Å². The van der Waals surface area contributed by atoms with Crippen molar-refractivity contribution in [2.75, 3.05) is 6.16 Å². The smallest absolute Gasteiger partial charge is 0.0120 e. The molecule has 0 nitrogen and oxygen atoms in total. The summed E-state index contributed by atoms with van der Waals surface area (Å²) in [5, 5.41) is 1.62. The van der Waals surface area contributed by atoms with Crippen LogP contribution in [0.4, 0.5) is 0 Å². The molecule has 0 radical (unpaired) electrons. The molecule has 2 atom stereocenters. The van der Waals surface area contributed by atoms with Crippen molar-refractivity contribution < 1.29 is 0 Å². The third-order valence-electron chi connectivity index (χ3n) is 3.34. The lowest BCUT2D eigenvalue weighted by molar-refractivity contribution is 0.384. The van der Waals surface area contributed by atoms with Gasteiger partial charge < -0.3 is 0 Å². The maximum atomic E-state index is 2.40. The summed E-state index contributed by atoms with van der Waals surface area (Å²) >= 11 is 0. The fourth-order valence-electron chi connectivity index (χ4n) is 2.60. The van der Waals surface area contributed by atoms with Gasteiger partial charge in [-0.2, -0.15) is 0 Å². The van der Waals surface area contributed by atoms with Crippen molar-refractivity contribution in [3.05, 3.63) is 30.3 Å². The molecule has 0 aromatic heterocycles. The van der Waals surface area contributed by atoms with Crippen LogP contribution < -0.4 is 5.30 Å². The van der Waals surface area contributed by atoms with E-state index in [1.165, 1.54) is 19.0 Å². The van der Waals surface area contributed by atoms with Gasteiger partial charge in [-0.25, -0.2) is 0 Å². The van der Waals surface area contributed by atoms with Crippen LogP contribution in [-0.2, 0) is 0 Å². The van der Waals surface area contributed by atoms with E-state index < -0.39 is 0 Å². The van der Waals surface area contributed by atoms with Gasteiger partial charge in [0.2, 0.25) is 0 Å². The van der Waals surface area contributed by atoms with E-state index in [0.717, 1.165) is 5.66 Å². The molecule has 0 spiro atoms. The maximum absolute atomic E-state index is 2.40. The lowest BCUT2D eigenvalue weighted by atomic mass is 9.89. The van der Waals surface area contributed by atoms with Gasteiger partial charge in [-0.15, -0.1) is 0 Å². The van der Waals surface area contributed by atoms with Crippen molar-refractivity contribution in [2.45, 2.75) is 39.3 Å². The lowest BCUT2D eigenvalue weighted by Gasteiger charge is -2.32. The summed E-state index contributed by atoms with van der Waals surface area (Å²) in [4.78, 5) is 0. The third-order valence-corrected chi connectivity index (χ3v) is 6.89. The van der Waals surface area contributed by atoms with Crippen molar-refractivity contribution in [1.29, 1.82) is 0 Å². The monoisotopic (exact) mass is 220 g/mol. The van der Waals surface area contributed by atoms with Gasteiger partial charge in [0.25, 0.3) is 0 Å². The highest BCUT2D eigenvalue weighted by atomic mass is 31.1. The molecular formula is C14H21P. The normalized spacial score (nSPS) is 26.9. The summed E-state index contributed by atoms with van der Waals surface area (Å²) in [6.45, 7) is 7.21. The van der Waals surface area contributed by atoms with E-state index in [0.29, 0.717) is 5.41 Å². The van der Waals surface area contributed by atoms with Crippen LogP contribution in [0.3, 0.4) is 0 Å². The summed E-state index contributed by atoms with van der Waals surface area (Å²) in [6, 6.07) is 11.2. The molecule has 0 aliphatic carbocycles. The molecule has 0 unspecified atom stereocenters. The molecule has 0 N–H and O–H groups in total. The second-order valence-electron chi connectivity index (χ2n) is 5.55. The average Bonchev–Trinajstić information content (AvgIpc) is 2.67. The quantitative estimate of drug-likeness (QED) is 0.627. The van der Waals surface area contributed by atoms with Crippen LogP contribution >= 0.6 is 7.92 Å². The average molecular weight is 220 g/mol. The minimum atomic E-state index is 0.108. The van der Waals surface area contributed by atoms with Crippen LogP contribution in [0.25, 0.3) is 0 Å². The van der Waals surface area contributed by atoms with Gasteiger partial charge in [0.15, 0.2) is 0 Å². The summed E-state index contributed by atoms with van der Waals surface area (Å²) in [5.74, 6) is 0. The highest BCUT2D eigenvalue weighted by Gasteiger charge is 2.36. The van der Waals surface area contributed by atoms with Crippen LogP contribution in [0.15, 0.2) is 30.3 Å². The van der Waals surface area contributed by atoms with Gasteiger partial charge >= 0.3 is 0 Å². The third kappa shape index (κ3) is 2.42. The second-order valence-corrected chi connectivity index (χ2v) is 8.08.